The van der Waals surface area contributed by atoms with E-state index in [9.17, 15) is 18.0 Å². The number of thioether (sulfide) groups is 1. The fourth-order valence-corrected chi connectivity index (χ4v) is 3.17. The minimum absolute atomic E-state index is 0.0392. The van der Waals surface area contributed by atoms with Crippen molar-refractivity contribution in [1.29, 1.82) is 0 Å². The number of anilines is 1. The van der Waals surface area contributed by atoms with Crippen LogP contribution >= 0.6 is 39.0 Å². The quantitative estimate of drug-likeness (QED) is 0.723. The van der Waals surface area contributed by atoms with Gasteiger partial charge in [-0.15, -0.1) is 11.3 Å². The number of rotatable bonds is 3. The SMILES string of the molecule is O=C(Nc1ccccc1SC(F)(F)F)c1csc(Br)c1. The molecule has 0 aliphatic carbocycles. The predicted molar refractivity (Wildman–Crippen MR) is 78.3 cm³/mol. The summed E-state index contributed by atoms with van der Waals surface area (Å²) in [5.74, 6) is -0.442. The molecule has 8 heteroatoms. The van der Waals surface area contributed by atoms with Gasteiger partial charge in [0.15, 0.2) is 0 Å². The van der Waals surface area contributed by atoms with Crippen molar-refractivity contribution in [2.75, 3.05) is 5.32 Å². The summed E-state index contributed by atoms with van der Waals surface area (Å²) in [5, 5.41) is 4.11. The molecule has 0 radical (unpaired) electrons. The molecule has 0 fully saturated rings. The zero-order valence-corrected chi connectivity index (χ0v) is 12.9. The zero-order valence-electron chi connectivity index (χ0n) is 9.70. The molecule has 0 bridgehead atoms. The number of nitrogens with one attached hydrogen (secondary N) is 1. The first-order valence-corrected chi connectivity index (χ1v) is 7.74. The van der Waals surface area contributed by atoms with E-state index in [0.717, 1.165) is 3.79 Å². The molecule has 0 saturated carbocycles. The van der Waals surface area contributed by atoms with Gasteiger partial charge in [0.05, 0.1) is 15.0 Å². The molecule has 0 saturated heterocycles. The second kappa shape index (κ2) is 6.19. The Balaban J connectivity index is 2.19. The van der Waals surface area contributed by atoms with Crippen molar-refractivity contribution in [1.82, 2.24) is 0 Å². The Morgan fingerprint density at radius 2 is 2.00 bits per heavy atom. The summed E-state index contributed by atoms with van der Waals surface area (Å²) in [6.07, 6.45) is 0. The second-order valence-electron chi connectivity index (χ2n) is 3.64. The summed E-state index contributed by atoms with van der Waals surface area (Å²) in [4.78, 5) is 11.9. The van der Waals surface area contributed by atoms with Crippen molar-refractivity contribution >= 4 is 50.6 Å². The van der Waals surface area contributed by atoms with Gasteiger partial charge in [0.25, 0.3) is 5.91 Å². The van der Waals surface area contributed by atoms with Gasteiger partial charge in [-0.25, -0.2) is 0 Å². The van der Waals surface area contributed by atoms with Gasteiger partial charge in [-0.2, -0.15) is 13.2 Å². The summed E-state index contributed by atoms with van der Waals surface area (Å²) >= 11 is 4.30. The topological polar surface area (TPSA) is 29.1 Å². The third-order valence-corrected chi connectivity index (χ3v) is 4.50. The molecular formula is C12H7BrF3NOS2. The van der Waals surface area contributed by atoms with Gasteiger partial charge in [-0.05, 0) is 45.9 Å². The van der Waals surface area contributed by atoms with Crippen molar-refractivity contribution in [3.8, 4) is 0 Å². The summed E-state index contributed by atoms with van der Waals surface area (Å²) < 4.78 is 38.1. The van der Waals surface area contributed by atoms with Gasteiger partial charge in [-0.3, -0.25) is 4.79 Å². The molecule has 2 nitrogen and oxygen atoms in total. The maximum atomic E-state index is 12.4. The minimum Gasteiger partial charge on any atom is -0.321 e. The summed E-state index contributed by atoms with van der Waals surface area (Å²) in [6, 6.07) is 7.43. The van der Waals surface area contributed by atoms with E-state index in [1.54, 1.807) is 17.5 Å². The number of para-hydroxylation sites is 1. The Bertz CT molecular complexity index is 627. The van der Waals surface area contributed by atoms with Gasteiger partial charge in [0.1, 0.15) is 0 Å². The molecular weight excluding hydrogens is 375 g/mol. The summed E-state index contributed by atoms with van der Waals surface area (Å²) in [7, 11) is 0. The third kappa shape index (κ3) is 4.26. The highest BCUT2D eigenvalue weighted by atomic mass is 79.9. The molecule has 1 heterocycles. The van der Waals surface area contributed by atoms with Crippen LogP contribution in [0, 0.1) is 0 Å². The van der Waals surface area contributed by atoms with Gasteiger partial charge in [0, 0.05) is 10.3 Å². The molecule has 106 valence electrons. The molecule has 2 aromatic rings. The van der Waals surface area contributed by atoms with Crippen LogP contribution < -0.4 is 5.32 Å². The van der Waals surface area contributed by atoms with Crippen LogP contribution in [0.15, 0.2) is 44.4 Å². The smallest absolute Gasteiger partial charge is 0.321 e. The molecule has 0 unspecified atom stereocenters. The van der Waals surface area contributed by atoms with Crippen LogP contribution in [0.4, 0.5) is 18.9 Å². The Labute approximate surface area is 129 Å². The van der Waals surface area contributed by atoms with Crippen LogP contribution in [0.1, 0.15) is 10.4 Å². The Morgan fingerprint density at radius 3 is 2.60 bits per heavy atom. The van der Waals surface area contributed by atoms with Crippen molar-refractivity contribution in [2.45, 2.75) is 10.4 Å². The van der Waals surface area contributed by atoms with E-state index in [0.29, 0.717) is 5.56 Å². The fraction of sp³-hybridized carbons (Fsp3) is 0.0833. The molecule has 1 amide bonds. The van der Waals surface area contributed by atoms with E-state index < -0.39 is 11.4 Å². The van der Waals surface area contributed by atoms with E-state index >= 15 is 0 Å². The average Bonchev–Trinajstić information content (AvgIpc) is 2.77. The van der Waals surface area contributed by atoms with Crippen molar-refractivity contribution in [3.63, 3.8) is 0 Å². The molecule has 0 atom stereocenters. The number of carbonyl (C=O) groups excluding carboxylic acids is 1. The van der Waals surface area contributed by atoms with Gasteiger partial charge >= 0.3 is 5.51 Å². The highest BCUT2D eigenvalue weighted by Crippen LogP contribution is 2.40. The summed E-state index contributed by atoms with van der Waals surface area (Å²) in [5.41, 5.74) is -3.86. The minimum atomic E-state index is -4.40. The fourth-order valence-electron chi connectivity index (χ4n) is 1.41. The second-order valence-corrected chi connectivity index (χ2v) is 7.03. The molecule has 0 aliphatic heterocycles. The lowest BCUT2D eigenvalue weighted by atomic mass is 10.3. The number of benzene rings is 1. The molecule has 0 aliphatic rings. The van der Waals surface area contributed by atoms with Crippen LogP contribution in [0.25, 0.3) is 0 Å². The number of amides is 1. The monoisotopic (exact) mass is 381 g/mol. The normalized spacial score (nSPS) is 11.4. The van der Waals surface area contributed by atoms with E-state index in [1.807, 2.05) is 0 Å². The zero-order chi connectivity index (χ0) is 14.8. The highest BCUT2D eigenvalue weighted by Gasteiger charge is 2.30. The first-order valence-electron chi connectivity index (χ1n) is 5.25. The first-order chi connectivity index (χ1) is 9.35. The Morgan fingerprint density at radius 1 is 1.30 bits per heavy atom. The molecule has 1 aromatic heterocycles. The Hall–Kier alpha value is -0.990. The van der Waals surface area contributed by atoms with Gasteiger partial charge in [-0.1, -0.05) is 12.1 Å². The third-order valence-electron chi connectivity index (χ3n) is 2.19. The number of alkyl halides is 3. The van der Waals surface area contributed by atoms with Crippen LogP contribution in [-0.4, -0.2) is 11.4 Å². The standard InChI is InChI=1S/C12H7BrF3NOS2/c13-10-5-7(6-19-10)11(18)17-8-3-1-2-4-9(8)20-12(14,15)16/h1-6H,(H,17,18). The van der Waals surface area contributed by atoms with E-state index in [-0.39, 0.29) is 22.3 Å². The lowest BCUT2D eigenvalue weighted by Crippen LogP contribution is -2.12. The summed E-state index contributed by atoms with van der Waals surface area (Å²) in [6.45, 7) is 0. The lowest BCUT2D eigenvalue weighted by molar-refractivity contribution is -0.0328. The van der Waals surface area contributed by atoms with Crippen molar-refractivity contribution in [3.05, 3.63) is 45.1 Å². The number of hydrogen-bond donors (Lipinski definition) is 1. The van der Waals surface area contributed by atoms with Crippen LogP contribution in [0.3, 0.4) is 0 Å². The van der Waals surface area contributed by atoms with Crippen LogP contribution in [-0.2, 0) is 0 Å². The van der Waals surface area contributed by atoms with E-state index in [4.69, 9.17) is 0 Å². The van der Waals surface area contributed by atoms with Crippen LogP contribution in [0.5, 0.6) is 0 Å². The molecule has 1 aromatic carbocycles. The Kier molecular flexibility index (Phi) is 4.77. The van der Waals surface area contributed by atoms with Crippen molar-refractivity contribution in [2.24, 2.45) is 0 Å². The number of hydrogen-bond acceptors (Lipinski definition) is 3. The first kappa shape index (κ1) is 15.4. The van der Waals surface area contributed by atoms with E-state index in [1.165, 1.54) is 29.5 Å². The molecule has 20 heavy (non-hydrogen) atoms. The van der Waals surface area contributed by atoms with Crippen molar-refractivity contribution < 1.29 is 18.0 Å². The lowest BCUT2D eigenvalue weighted by Gasteiger charge is -2.11. The molecule has 1 N–H and O–H groups in total. The van der Waals surface area contributed by atoms with Crippen LogP contribution in [0.2, 0.25) is 0 Å². The van der Waals surface area contributed by atoms with Gasteiger partial charge in [0.2, 0.25) is 0 Å². The molecule has 2 rings (SSSR count). The molecule has 0 spiro atoms. The number of thiophene rings is 1. The van der Waals surface area contributed by atoms with Gasteiger partial charge < -0.3 is 5.32 Å². The predicted octanol–water partition coefficient (Wildman–Crippen LogP) is 5.37. The number of carbonyl (C=O) groups is 1. The average molecular weight is 382 g/mol. The maximum Gasteiger partial charge on any atom is 0.446 e. The highest BCUT2D eigenvalue weighted by molar-refractivity contribution is 9.11. The maximum absolute atomic E-state index is 12.4. The number of halogens is 4. The largest absolute Gasteiger partial charge is 0.446 e. The van der Waals surface area contributed by atoms with E-state index in [2.05, 4.69) is 21.2 Å².